The van der Waals surface area contributed by atoms with Gasteiger partial charge in [0.1, 0.15) is 0 Å². The minimum Gasteiger partial charge on any atom is -0.481 e. The lowest BCUT2D eigenvalue weighted by Gasteiger charge is -2.13. The Kier molecular flexibility index (Phi) is 13.2. The van der Waals surface area contributed by atoms with Gasteiger partial charge < -0.3 is 15.1 Å². The SMILES string of the molecule is CC.CCC1CCC[NH+]1C.O=C(O)CCC(=O)O. The first-order valence-corrected chi connectivity index (χ1v) is 6.73. The topological polar surface area (TPSA) is 79.0 Å². The van der Waals surface area contributed by atoms with Gasteiger partial charge in [0.2, 0.25) is 0 Å². The van der Waals surface area contributed by atoms with Crippen molar-refractivity contribution < 1.29 is 24.7 Å². The molecule has 2 atom stereocenters. The molecule has 0 aromatic heterocycles. The van der Waals surface area contributed by atoms with Gasteiger partial charge >= 0.3 is 11.9 Å². The lowest BCUT2D eigenvalue weighted by molar-refractivity contribution is -0.892. The van der Waals surface area contributed by atoms with E-state index >= 15 is 0 Å². The van der Waals surface area contributed by atoms with Crippen molar-refractivity contribution in [2.75, 3.05) is 13.6 Å². The van der Waals surface area contributed by atoms with Crippen molar-refractivity contribution >= 4 is 11.9 Å². The van der Waals surface area contributed by atoms with E-state index in [0.717, 1.165) is 6.04 Å². The molecule has 108 valence electrons. The maximum absolute atomic E-state index is 9.64. The zero-order valence-corrected chi connectivity index (χ0v) is 12.0. The Morgan fingerprint density at radius 2 is 1.61 bits per heavy atom. The molecule has 1 rings (SSSR count). The summed E-state index contributed by atoms with van der Waals surface area (Å²) in [6.07, 6.45) is 3.68. The van der Waals surface area contributed by atoms with Crippen molar-refractivity contribution in [2.24, 2.45) is 0 Å². The maximum atomic E-state index is 9.64. The summed E-state index contributed by atoms with van der Waals surface area (Å²) in [6, 6.07) is 0.981. The fraction of sp³-hybridized carbons (Fsp3) is 0.846. The Labute approximate surface area is 110 Å². The third kappa shape index (κ3) is 11.4. The van der Waals surface area contributed by atoms with Crippen LogP contribution < -0.4 is 4.90 Å². The summed E-state index contributed by atoms with van der Waals surface area (Å²) < 4.78 is 0. The average Bonchev–Trinajstić information content (AvgIpc) is 2.75. The number of likely N-dealkylation sites (tertiary alicyclic amines) is 1. The molecule has 0 spiro atoms. The zero-order chi connectivity index (χ0) is 14.6. The molecule has 1 aliphatic rings. The smallest absolute Gasteiger partial charge is 0.303 e. The molecule has 0 radical (unpaired) electrons. The van der Waals surface area contributed by atoms with Crippen molar-refractivity contribution in [2.45, 2.75) is 58.9 Å². The molecular weight excluding hydrogens is 234 g/mol. The molecule has 0 aliphatic carbocycles. The van der Waals surface area contributed by atoms with E-state index in [0.29, 0.717) is 0 Å². The van der Waals surface area contributed by atoms with Gasteiger partial charge in [0.25, 0.3) is 0 Å². The highest BCUT2D eigenvalue weighted by Crippen LogP contribution is 2.01. The van der Waals surface area contributed by atoms with E-state index in [2.05, 4.69) is 14.0 Å². The van der Waals surface area contributed by atoms with E-state index in [1.165, 1.54) is 25.8 Å². The minimum absolute atomic E-state index is 0.296. The number of nitrogens with one attached hydrogen (secondary N) is 1. The molecule has 0 aromatic rings. The fourth-order valence-corrected chi connectivity index (χ4v) is 1.84. The highest BCUT2D eigenvalue weighted by molar-refractivity contribution is 5.75. The van der Waals surface area contributed by atoms with Crippen molar-refractivity contribution in [3.63, 3.8) is 0 Å². The van der Waals surface area contributed by atoms with Crippen LogP contribution >= 0.6 is 0 Å². The first-order chi connectivity index (χ1) is 8.47. The second-order valence-corrected chi connectivity index (χ2v) is 4.13. The standard InChI is InChI=1S/C7H15N.C4H6O4.C2H6/c1-3-7-5-4-6-8(7)2;5-3(6)1-2-4(7)8;1-2/h7H,3-6H2,1-2H3;1-2H2,(H,5,6)(H,7,8);1-2H3/p+1. The second-order valence-electron chi connectivity index (χ2n) is 4.13. The molecule has 1 saturated heterocycles. The second kappa shape index (κ2) is 12.4. The van der Waals surface area contributed by atoms with Gasteiger partial charge in [-0.2, -0.15) is 0 Å². The minimum atomic E-state index is -1.08. The molecule has 5 heteroatoms. The molecule has 0 aromatic carbocycles. The molecule has 0 amide bonds. The predicted octanol–water partition coefficient (Wildman–Crippen LogP) is 1.04. The number of carboxylic acids is 2. The van der Waals surface area contributed by atoms with Crippen LogP contribution in [0.15, 0.2) is 0 Å². The first kappa shape index (κ1) is 19.2. The number of aliphatic carboxylic acids is 2. The van der Waals surface area contributed by atoms with Crippen LogP contribution in [0.5, 0.6) is 0 Å². The summed E-state index contributed by atoms with van der Waals surface area (Å²) in [7, 11) is 2.31. The van der Waals surface area contributed by atoms with Gasteiger partial charge in [-0.1, -0.05) is 20.8 Å². The summed E-state index contributed by atoms with van der Waals surface area (Å²) in [5, 5.41) is 15.8. The summed E-state index contributed by atoms with van der Waals surface area (Å²) in [4.78, 5) is 21.0. The van der Waals surface area contributed by atoms with E-state index in [-0.39, 0.29) is 12.8 Å². The molecule has 1 aliphatic heterocycles. The van der Waals surface area contributed by atoms with Gasteiger partial charge in [0, 0.05) is 12.8 Å². The first-order valence-electron chi connectivity index (χ1n) is 6.73. The number of quaternary nitrogens is 1. The van der Waals surface area contributed by atoms with Crippen molar-refractivity contribution in [1.29, 1.82) is 0 Å². The normalized spacial score (nSPS) is 21.1. The molecule has 1 heterocycles. The lowest BCUT2D eigenvalue weighted by atomic mass is 10.2. The summed E-state index contributed by atoms with van der Waals surface area (Å²) >= 11 is 0. The molecule has 1 fully saturated rings. The number of hydrogen-bond acceptors (Lipinski definition) is 2. The van der Waals surface area contributed by atoms with Crippen LogP contribution in [0.4, 0.5) is 0 Å². The molecule has 3 N–H and O–H groups in total. The quantitative estimate of drug-likeness (QED) is 0.707. The average molecular weight is 262 g/mol. The third-order valence-corrected chi connectivity index (χ3v) is 2.87. The molecule has 0 bridgehead atoms. The molecule has 0 saturated carbocycles. The van der Waals surface area contributed by atoms with Crippen LogP contribution in [0.1, 0.15) is 52.9 Å². The van der Waals surface area contributed by atoms with Gasteiger partial charge in [-0.25, -0.2) is 0 Å². The van der Waals surface area contributed by atoms with Crippen LogP contribution in [0.2, 0.25) is 0 Å². The van der Waals surface area contributed by atoms with E-state index in [4.69, 9.17) is 10.2 Å². The largest absolute Gasteiger partial charge is 0.481 e. The number of rotatable bonds is 4. The third-order valence-electron chi connectivity index (χ3n) is 2.87. The molecule has 5 nitrogen and oxygen atoms in total. The Hall–Kier alpha value is -1.10. The Morgan fingerprint density at radius 3 is 1.78 bits per heavy atom. The van der Waals surface area contributed by atoms with Crippen LogP contribution in [0.3, 0.4) is 0 Å². The Balaban J connectivity index is 0. The summed E-state index contributed by atoms with van der Waals surface area (Å²) in [6.45, 7) is 7.69. The van der Waals surface area contributed by atoms with Crippen LogP contribution in [-0.4, -0.2) is 41.8 Å². The van der Waals surface area contributed by atoms with Gasteiger partial charge in [0.05, 0.1) is 32.5 Å². The van der Waals surface area contributed by atoms with E-state index in [1.54, 1.807) is 4.90 Å². The molecule has 2 unspecified atom stereocenters. The zero-order valence-electron chi connectivity index (χ0n) is 12.0. The summed E-state index contributed by atoms with van der Waals surface area (Å²) in [5.41, 5.74) is 0. The monoisotopic (exact) mass is 262 g/mol. The van der Waals surface area contributed by atoms with Crippen LogP contribution in [-0.2, 0) is 9.59 Å². The fourth-order valence-electron chi connectivity index (χ4n) is 1.84. The number of carboxylic acid groups (broad SMARTS) is 2. The van der Waals surface area contributed by atoms with Crippen molar-refractivity contribution in [3.8, 4) is 0 Å². The maximum Gasteiger partial charge on any atom is 0.303 e. The predicted molar refractivity (Wildman–Crippen MR) is 70.9 cm³/mol. The number of carbonyl (C=O) groups is 2. The van der Waals surface area contributed by atoms with Gasteiger partial charge in [0.15, 0.2) is 0 Å². The Morgan fingerprint density at radius 1 is 1.17 bits per heavy atom. The van der Waals surface area contributed by atoms with Crippen molar-refractivity contribution in [1.82, 2.24) is 0 Å². The van der Waals surface area contributed by atoms with Gasteiger partial charge in [-0.05, 0) is 6.42 Å². The number of hydrogen-bond donors (Lipinski definition) is 3. The molecular formula is C13H28NO4+. The van der Waals surface area contributed by atoms with Crippen LogP contribution in [0.25, 0.3) is 0 Å². The highest BCUT2D eigenvalue weighted by Gasteiger charge is 2.21. The van der Waals surface area contributed by atoms with Gasteiger partial charge in [-0.3, -0.25) is 9.59 Å². The lowest BCUT2D eigenvalue weighted by Crippen LogP contribution is -3.10. The van der Waals surface area contributed by atoms with Crippen LogP contribution in [0, 0.1) is 0 Å². The molecule has 18 heavy (non-hydrogen) atoms. The van der Waals surface area contributed by atoms with E-state index < -0.39 is 11.9 Å². The van der Waals surface area contributed by atoms with Gasteiger partial charge in [-0.15, -0.1) is 0 Å². The van der Waals surface area contributed by atoms with E-state index in [9.17, 15) is 9.59 Å². The van der Waals surface area contributed by atoms with E-state index in [1.807, 2.05) is 13.8 Å². The summed E-state index contributed by atoms with van der Waals surface area (Å²) in [5.74, 6) is -2.15. The van der Waals surface area contributed by atoms with Crippen molar-refractivity contribution in [3.05, 3.63) is 0 Å². The highest BCUT2D eigenvalue weighted by atomic mass is 16.4. The Bertz CT molecular complexity index is 217.